The van der Waals surface area contributed by atoms with E-state index in [1.165, 1.54) is 5.56 Å². The van der Waals surface area contributed by atoms with Crippen molar-refractivity contribution in [3.63, 3.8) is 0 Å². The number of aryl methyl sites for hydroxylation is 2. The second-order valence-corrected chi connectivity index (χ2v) is 5.62. The van der Waals surface area contributed by atoms with Crippen molar-refractivity contribution in [1.29, 1.82) is 0 Å². The van der Waals surface area contributed by atoms with Gasteiger partial charge in [0.05, 0.1) is 6.10 Å². The van der Waals surface area contributed by atoms with Crippen LogP contribution in [0.4, 0.5) is 5.69 Å². The molecule has 1 amide bonds. The molecule has 2 heterocycles. The van der Waals surface area contributed by atoms with Crippen molar-refractivity contribution in [3.05, 3.63) is 28.8 Å². The molecule has 2 aliphatic heterocycles. The number of aliphatic hydroxyl groups excluding tert-OH is 1. The van der Waals surface area contributed by atoms with Gasteiger partial charge in [-0.1, -0.05) is 19.1 Å². The van der Waals surface area contributed by atoms with E-state index in [0.29, 0.717) is 13.0 Å². The number of carbonyl (C=O) groups is 1. The quantitative estimate of drug-likeness (QED) is 0.890. The van der Waals surface area contributed by atoms with Crippen LogP contribution in [0.15, 0.2) is 12.1 Å². The molecule has 20 heavy (non-hydrogen) atoms. The van der Waals surface area contributed by atoms with E-state index in [1.54, 1.807) is 0 Å². The van der Waals surface area contributed by atoms with Crippen molar-refractivity contribution >= 4 is 11.6 Å². The smallest absolute Gasteiger partial charge is 0.224 e. The molecule has 0 radical (unpaired) electrons. The van der Waals surface area contributed by atoms with Crippen LogP contribution in [0.3, 0.4) is 0 Å². The maximum Gasteiger partial charge on any atom is 0.224 e. The van der Waals surface area contributed by atoms with Gasteiger partial charge in [-0.2, -0.15) is 0 Å². The summed E-state index contributed by atoms with van der Waals surface area (Å²) in [5.74, 6) is 0.0301. The Kier molecular flexibility index (Phi) is 3.76. The van der Waals surface area contributed by atoms with Crippen molar-refractivity contribution in [3.8, 4) is 0 Å². The van der Waals surface area contributed by atoms with Gasteiger partial charge in [0.15, 0.2) is 0 Å². The zero-order valence-electron chi connectivity index (χ0n) is 11.8. The number of fused-ring (bicyclic) bond motifs is 1. The summed E-state index contributed by atoms with van der Waals surface area (Å²) < 4.78 is 5.60. The SMILES string of the molecule is CCc1cc2c(c(C(O)C3CCCO3)c1)NC(=O)CC2. The van der Waals surface area contributed by atoms with Crippen molar-refractivity contribution < 1.29 is 14.6 Å². The fraction of sp³-hybridized carbons (Fsp3) is 0.562. The first-order valence-corrected chi connectivity index (χ1v) is 7.44. The molecule has 0 spiro atoms. The van der Waals surface area contributed by atoms with E-state index in [9.17, 15) is 9.90 Å². The van der Waals surface area contributed by atoms with E-state index >= 15 is 0 Å². The third-order valence-electron chi connectivity index (χ3n) is 4.24. The number of aliphatic hydroxyl groups is 1. The van der Waals surface area contributed by atoms with Gasteiger partial charge in [0.1, 0.15) is 6.10 Å². The third kappa shape index (κ3) is 2.45. The highest BCUT2D eigenvalue weighted by Gasteiger charge is 2.30. The minimum absolute atomic E-state index is 0.0301. The Morgan fingerprint density at radius 3 is 3.00 bits per heavy atom. The van der Waals surface area contributed by atoms with Gasteiger partial charge in [-0.25, -0.2) is 0 Å². The van der Waals surface area contributed by atoms with Gasteiger partial charge in [-0.15, -0.1) is 0 Å². The monoisotopic (exact) mass is 275 g/mol. The van der Waals surface area contributed by atoms with Gasteiger partial charge in [-0.05, 0) is 36.8 Å². The summed E-state index contributed by atoms with van der Waals surface area (Å²) in [6.45, 7) is 2.81. The van der Waals surface area contributed by atoms with Crippen LogP contribution in [0.25, 0.3) is 0 Å². The van der Waals surface area contributed by atoms with Crippen molar-refractivity contribution in [2.24, 2.45) is 0 Å². The molecule has 0 aliphatic carbocycles. The zero-order valence-corrected chi connectivity index (χ0v) is 11.8. The fourth-order valence-electron chi connectivity index (χ4n) is 3.08. The Morgan fingerprint density at radius 1 is 1.45 bits per heavy atom. The van der Waals surface area contributed by atoms with Gasteiger partial charge in [0, 0.05) is 24.3 Å². The average molecular weight is 275 g/mol. The Bertz CT molecular complexity index is 521. The topological polar surface area (TPSA) is 58.6 Å². The van der Waals surface area contributed by atoms with E-state index in [1.807, 2.05) is 6.07 Å². The molecule has 1 aromatic carbocycles. The molecule has 2 aliphatic rings. The van der Waals surface area contributed by atoms with Gasteiger partial charge < -0.3 is 15.2 Å². The minimum Gasteiger partial charge on any atom is -0.386 e. The number of benzene rings is 1. The highest BCUT2D eigenvalue weighted by atomic mass is 16.5. The Hall–Kier alpha value is -1.39. The molecule has 1 saturated heterocycles. The van der Waals surface area contributed by atoms with E-state index in [0.717, 1.165) is 42.5 Å². The molecule has 1 aromatic rings. The lowest BCUT2D eigenvalue weighted by Gasteiger charge is -2.26. The van der Waals surface area contributed by atoms with Crippen LogP contribution in [0.2, 0.25) is 0 Å². The zero-order chi connectivity index (χ0) is 14.1. The number of hydrogen-bond acceptors (Lipinski definition) is 3. The minimum atomic E-state index is -0.656. The normalized spacial score (nSPS) is 23.3. The van der Waals surface area contributed by atoms with Gasteiger partial charge in [0.25, 0.3) is 0 Å². The molecule has 4 heteroatoms. The molecule has 2 N–H and O–H groups in total. The van der Waals surface area contributed by atoms with Gasteiger partial charge >= 0.3 is 0 Å². The number of anilines is 1. The van der Waals surface area contributed by atoms with Crippen LogP contribution >= 0.6 is 0 Å². The maximum atomic E-state index is 11.7. The number of carbonyl (C=O) groups excluding carboxylic acids is 1. The lowest BCUT2D eigenvalue weighted by atomic mass is 9.91. The van der Waals surface area contributed by atoms with Gasteiger partial charge in [0.2, 0.25) is 5.91 Å². The van der Waals surface area contributed by atoms with Crippen LogP contribution in [-0.4, -0.2) is 23.7 Å². The number of rotatable bonds is 3. The van der Waals surface area contributed by atoms with Crippen LogP contribution < -0.4 is 5.32 Å². The average Bonchev–Trinajstić information content (AvgIpc) is 2.99. The van der Waals surface area contributed by atoms with Crippen molar-refractivity contribution in [2.45, 2.75) is 51.2 Å². The maximum absolute atomic E-state index is 11.7. The van der Waals surface area contributed by atoms with Gasteiger partial charge in [-0.3, -0.25) is 4.79 Å². The first-order valence-electron chi connectivity index (χ1n) is 7.44. The number of hydrogen-bond donors (Lipinski definition) is 2. The lowest BCUT2D eigenvalue weighted by molar-refractivity contribution is -0.116. The summed E-state index contributed by atoms with van der Waals surface area (Å²) in [6.07, 6.45) is 3.26. The summed E-state index contributed by atoms with van der Waals surface area (Å²) in [4.78, 5) is 11.7. The molecule has 2 unspecified atom stereocenters. The Labute approximate surface area is 119 Å². The summed E-state index contributed by atoms with van der Waals surface area (Å²) in [5.41, 5.74) is 3.96. The predicted molar refractivity (Wildman–Crippen MR) is 76.7 cm³/mol. The van der Waals surface area contributed by atoms with Crippen LogP contribution in [0, 0.1) is 0 Å². The van der Waals surface area contributed by atoms with Crippen LogP contribution in [0.5, 0.6) is 0 Å². The molecule has 108 valence electrons. The standard InChI is InChI=1S/C16H21NO3/c1-2-10-8-11-5-6-14(18)17-15(11)12(9-10)16(19)13-4-3-7-20-13/h8-9,13,16,19H,2-7H2,1H3,(H,17,18). The third-order valence-corrected chi connectivity index (χ3v) is 4.24. The molecular formula is C16H21NO3. The van der Waals surface area contributed by atoms with Crippen molar-refractivity contribution in [1.82, 2.24) is 0 Å². The number of ether oxygens (including phenoxy) is 1. The molecule has 1 fully saturated rings. The number of nitrogens with one attached hydrogen (secondary N) is 1. The second kappa shape index (κ2) is 5.54. The van der Waals surface area contributed by atoms with E-state index < -0.39 is 6.10 Å². The summed E-state index contributed by atoms with van der Waals surface area (Å²) in [6, 6.07) is 4.15. The molecular weight excluding hydrogens is 254 g/mol. The predicted octanol–water partition coefficient (Wildman–Crippen LogP) is 2.35. The van der Waals surface area contributed by atoms with E-state index in [2.05, 4.69) is 18.3 Å². The first-order chi connectivity index (χ1) is 9.69. The molecule has 0 bridgehead atoms. The first kappa shape index (κ1) is 13.6. The Balaban J connectivity index is 2.00. The fourth-order valence-corrected chi connectivity index (χ4v) is 3.08. The van der Waals surface area contributed by atoms with E-state index in [4.69, 9.17) is 4.74 Å². The molecule has 0 aromatic heterocycles. The lowest BCUT2D eigenvalue weighted by Crippen LogP contribution is -2.24. The summed E-state index contributed by atoms with van der Waals surface area (Å²) in [5, 5.41) is 13.5. The molecule has 0 saturated carbocycles. The molecule has 4 nitrogen and oxygen atoms in total. The highest BCUT2D eigenvalue weighted by molar-refractivity contribution is 5.95. The molecule has 3 rings (SSSR count). The van der Waals surface area contributed by atoms with E-state index in [-0.39, 0.29) is 12.0 Å². The molecule has 2 atom stereocenters. The summed E-state index contributed by atoms with van der Waals surface area (Å²) in [7, 11) is 0. The van der Waals surface area contributed by atoms with Crippen LogP contribution in [-0.2, 0) is 22.4 Å². The summed E-state index contributed by atoms with van der Waals surface area (Å²) >= 11 is 0. The second-order valence-electron chi connectivity index (χ2n) is 5.62. The highest BCUT2D eigenvalue weighted by Crippen LogP contribution is 2.36. The Morgan fingerprint density at radius 2 is 2.30 bits per heavy atom. The van der Waals surface area contributed by atoms with Crippen molar-refractivity contribution in [2.75, 3.05) is 11.9 Å². The number of amides is 1. The largest absolute Gasteiger partial charge is 0.386 e. The van der Waals surface area contributed by atoms with Crippen LogP contribution in [0.1, 0.15) is 49.0 Å².